The van der Waals surface area contributed by atoms with Gasteiger partial charge in [-0.3, -0.25) is 4.57 Å². The zero-order chi connectivity index (χ0) is 19.0. The molecule has 0 bridgehead atoms. The fourth-order valence-corrected chi connectivity index (χ4v) is 3.09. The number of fused-ring (bicyclic) bond motifs is 1. The molecular formula is C18H18N4O5. The highest BCUT2D eigenvalue weighted by Gasteiger charge is 2.43. The average Bonchev–Trinajstić information content (AvgIpc) is 3.25. The van der Waals surface area contributed by atoms with Crippen LogP contribution < -0.4 is 0 Å². The third kappa shape index (κ3) is 3.06. The van der Waals surface area contributed by atoms with Gasteiger partial charge >= 0.3 is 0 Å². The monoisotopic (exact) mass is 370 g/mol. The standard InChI is InChI=1S/C18H18N4O5/c23-7-13-15(25)16(26)18(27-13)22-9-21-14-11(19-8-20-17(14)22)6-12(24)10-4-2-1-3-5-10/h1-6,8-9,13,15-16,18,23-26H,7H2/b12-6-/t13-,15-,16+,18-/m0/s1. The second kappa shape index (κ2) is 7.05. The van der Waals surface area contributed by atoms with Crippen molar-refractivity contribution in [1.29, 1.82) is 0 Å². The predicted octanol–water partition coefficient (Wildman–Crippen LogP) is 0.494. The topological polar surface area (TPSA) is 134 Å². The molecule has 1 aliphatic heterocycles. The van der Waals surface area contributed by atoms with Crippen molar-refractivity contribution in [2.24, 2.45) is 0 Å². The van der Waals surface area contributed by atoms with Crippen LogP contribution in [0.3, 0.4) is 0 Å². The zero-order valence-electron chi connectivity index (χ0n) is 14.1. The first-order valence-corrected chi connectivity index (χ1v) is 8.36. The van der Waals surface area contributed by atoms with Crippen molar-refractivity contribution in [2.75, 3.05) is 6.61 Å². The van der Waals surface area contributed by atoms with Gasteiger partial charge in [-0.25, -0.2) is 15.0 Å². The van der Waals surface area contributed by atoms with E-state index in [1.807, 2.05) is 18.2 Å². The van der Waals surface area contributed by atoms with Crippen molar-refractivity contribution in [3.8, 4) is 0 Å². The van der Waals surface area contributed by atoms with Crippen LogP contribution in [0.1, 0.15) is 17.5 Å². The Balaban J connectivity index is 1.73. The number of hydrogen-bond acceptors (Lipinski definition) is 8. The molecule has 3 heterocycles. The fourth-order valence-electron chi connectivity index (χ4n) is 3.09. The van der Waals surface area contributed by atoms with E-state index >= 15 is 0 Å². The Bertz CT molecular complexity index is 974. The summed E-state index contributed by atoms with van der Waals surface area (Å²) < 4.78 is 7.00. The Morgan fingerprint density at radius 1 is 1.11 bits per heavy atom. The second-order valence-corrected chi connectivity index (χ2v) is 6.21. The van der Waals surface area contributed by atoms with Gasteiger partial charge in [-0.15, -0.1) is 0 Å². The molecule has 2 aromatic heterocycles. The molecule has 4 atom stereocenters. The van der Waals surface area contributed by atoms with E-state index in [9.17, 15) is 20.4 Å². The highest BCUT2D eigenvalue weighted by molar-refractivity contribution is 5.86. The molecule has 0 spiro atoms. The van der Waals surface area contributed by atoms with Crippen molar-refractivity contribution >= 4 is 23.0 Å². The number of benzene rings is 1. The van der Waals surface area contributed by atoms with Gasteiger partial charge in [0, 0.05) is 11.6 Å². The van der Waals surface area contributed by atoms with Crippen LogP contribution in [0.2, 0.25) is 0 Å². The third-order valence-electron chi connectivity index (χ3n) is 4.52. The molecule has 1 aromatic carbocycles. The molecule has 9 nitrogen and oxygen atoms in total. The van der Waals surface area contributed by atoms with E-state index in [2.05, 4.69) is 15.0 Å². The van der Waals surface area contributed by atoms with Crippen molar-refractivity contribution in [1.82, 2.24) is 19.5 Å². The minimum absolute atomic E-state index is 0.0260. The van der Waals surface area contributed by atoms with Crippen molar-refractivity contribution in [3.63, 3.8) is 0 Å². The van der Waals surface area contributed by atoms with Crippen LogP contribution in [0.4, 0.5) is 0 Å². The summed E-state index contributed by atoms with van der Waals surface area (Å²) in [6.07, 6.45) is -0.106. The van der Waals surface area contributed by atoms with Crippen LogP contribution in [0.25, 0.3) is 23.0 Å². The number of aliphatic hydroxyl groups excluding tert-OH is 4. The molecule has 3 aromatic rings. The van der Waals surface area contributed by atoms with Gasteiger partial charge in [-0.2, -0.15) is 0 Å². The summed E-state index contributed by atoms with van der Waals surface area (Å²) in [6, 6.07) is 9.00. The summed E-state index contributed by atoms with van der Waals surface area (Å²) in [7, 11) is 0. The summed E-state index contributed by atoms with van der Waals surface area (Å²) in [5.41, 5.74) is 1.80. The number of aliphatic hydroxyl groups is 4. The van der Waals surface area contributed by atoms with Crippen LogP contribution >= 0.6 is 0 Å². The summed E-state index contributed by atoms with van der Waals surface area (Å²) >= 11 is 0. The summed E-state index contributed by atoms with van der Waals surface area (Å²) in [5.74, 6) is 0.0260. The lowest BCUT2D eigenvalue weighted by Crippen LogP contribution is -2.33. The van der Waals surface area contributed by atoms with Crippen LogP contribution in [0.5, 0.6) is 0 Å². The SMILES string of the molecule is OC[C@@H]1O[C@H](n2cnc3c(/C=C(\O)c4ccccc4)ncnc32)[C@H](O)[C@H]1O. The van der Waals surface area contributed by atoms with Crippen LogP contribution in [-0.2, 0) is 4.74 Å². The summed E-state index contributed by atoms with van der Waals surface area (Å²) in [5, 5.41) is 39.8. The maximum atomic E-state index is 10.3. The highest BCUT2D eigenvalue weighted by Crippen LogP contribution is 2.31. The Morgan fingerprint density at radius 3 is 2.59 bits per heavy atom. The molecule has 0 unspecified atom stereocenters. The van der Waals surface area contributed by atoms with Gasteiger partial charge in [0.15, 0.2) is 11.9 Å². The first kappa shape index (κ1) is 17.6. The Morgan fingerprint density at radius 2 is 1.89 bits per heavy atom. The molecule has 0 radical (unpaired) electrons. The van der Waals surface area contributed by atoms with E-state index in [-0.39, 0.29) is 5.76 Å². The van der Waals surface area contributed by atoms with E-state index < -0.39 is 31.1 Å². The van der Waals surface area contributed by atoms with Crippen LogP contribution in [-0.4, -0.2) is 64.9 Å². The number of rotatable bonds is 4. The lowest BCUT2D eigenvalue weighted by atomic mass is 10.1. The molecule has 1 aliphatic rings. The number of nitrogens with zero attached hydrogens (tertiary/aromatic N) is 4. The molecule has 0 aliphatic carbocycles. The molecule has 4 N–H and O–H groups in total. The molecule has 9 heteroatoms. The molecule has 0 saturated carbocycles. The molecule has 27 heavy (non-hydrogen) atoms. The minimum atomic E-state index is -1.24. The van der Waals surface area contributed by atoms with E-state index in [1.165, 1.54) is 23.3 Å². The van der Waals surface area contributed by atoms with E-state index in [4.69, 9.17) is 4.74 Å². The average molecular weight is 370 g/mol. The van der Waals surface area contributed by atoms with Crippen molar-refractivity contribution in [2.45, 2.75) is 24.5 Å². The largest absolute Gasteiger partial charge is 0.507 e. The van der Waals surface area contributed by atoms with Gasteiger partial charge in [0.1, 0.15) is 35.9 Å². The van der Waals surface area contributed by atoms with Gasteiger partial charge in [0.2, 0.25) is 0 Å². The van der Waals surface area contributed by atoms with Gasteiger partial charge < -0.3 is 25.2 Å². The van der Waals surface area contributed by atoms with Gasteiger partial charge in [-0.1, -0.05) is 30.3 Å². The van der Waals surface area contributed by atoms with E-state index in [0.717, 1.165) is 0 Å². The highest BCUT2D eigenvalue weighted by atomic mass is 16.6. The van der Waals surface area contributed by atoms with Crippen LogP contribution in [0.15, 0.2) is 43.0 Å². The first-order chi connectivity index (χ1) is 13.1. The number of hydrogen-bond donors (Lipinski definition) is 4. The maximum absolute atomic E-state index is 10.3. The number of aromatic nitrogens is 4. The van der Waals surface area contributed by atoms with Gasteiger partial charge in [-0.05, 0) is 0 Å². The summed E-state index contributed by atoms with van der Waals surface area (Å²) in [6.45, 7) is -0.421. The quantitative estimate of drug-likeness (QED) is 0.488. The molecule has 0 amide bonds. The normalized spacial score (nSPS) is 26.0. The summed E-state index contributed by atoms with van der Waals surface area (Å²) in [4.78, 5) is 12.6. The van der Waals surface area contributed by atoms with Crippen molar-refractivity contribution in [3.05, 3.63) is 54.2 Å². The molecule has 1 saturated heterocycles. The smallest absolute Gasteiger partial charge is 0.166 e. The van der Waals surface area contributed by atoms with Gasteiger partial charge in [0.05, 0.1) is 18.6 Å². The zero-order valence-corrected chi connectivity index (χ0v) is 14.1. The maximum Gasteiger partial charge on any atom is 0.166 e. The Labute approximate surface area is 153 Å². The van der Waals surface area contributed by atoms with Crippen molar-refractivity contribution < 1.29 is 25.2 Å². The lowest BCUT2D eigenvalue weighted by Gasteiger charge is -2.16. The number of ether oxygens (including phenoxy) is 1. The Kier molecular flexibility index (Phi) is 4.58. The Hall–Kier alpha value is -2.85. The predicted molar refractivity (Wildman–Crippen MR) is 95.3 cm³/mol. The van der Waals surface area contributed by atoms with E-state index in [0.29, 0.717) is 22.4 Å². The second-order valence-electron chi connectivity index (χ2n) is 6.21. The van der Waals surface area contributed by atoms with Crippen LogP contribution in [0, 0.1) is 0 Å². The molecule has 140 valence electrons. The molecule has 1 fully saturated rings. The molecule has 4 rings (SSSR count). The fraction of sp³-hybridized carbons (Fsp3) is 0.278. The van der Waals surface area contributed by atoms with E-state index in [1.54, 1.807) is 12.1 Å². The lowest BCUT2D eigenvalue weighted by molar-refractivity contribution is -0.0511. The number of imidazole rings is 1. The minimum Gasteiger partial charge on any atom is -0.507 e. The third-order valence-corrected chi connectivity index (χ3v) is 4.52. The first-order valence-electron chi connectivity index (χ1n) is 8.36. The van der Waals surface area contributed by atoms with Gasteiger partial charge in [0.25, 0.3) is 0 Å². The molecular weight excluding hydrogens is 352 g/mol.